The summed E-state index contributed by atoms with van der Waals surface area (Å²) in [5, 5.41) is 0. The van der Waals surface area contributed by atoms with Crippen LogP contribution in [-0.2, 0) is 10.0 Å². The predicted molar refractivity (Wildman–Crippen MR) is 74.8 cm³/mol. The summed E-state index contributed by atoms with van der Waals surface area (Å²) in [6, 6.07) is 5.12. The molecule has 0 aliphatic carbocycles. The van der Waals surface area contributed by atoms with Crippen LogP contribution in [0, 0.1) is 12.8 Å². The number of nitrogens with two attached hydrogens (primary N) is 1. The second kappa shape index (κ2) is 5.28. The van der Waals surface area contributed by atoms with E-state index in [0.29, 0.717) is 24.5 Å². The van der Waals surface area contributed by atoms with E-state index in [1.165, 1.54) is 4.31 Å². The Bertz CT molecular complexity index is 545. The zero-order valence-corrected chi connectivity index (χ0v) is 12.7. The molecule has 0 radical (unpaired) electrons. The van der Waals surface area contributed by atoms with Gasteiger partial charge in [-0.05, 0) is 49.6 Å². The number of sulfonamides is 1. The Morgan fingerprint density at radius 1 is 1.50 bits per heavy atom. The molecule has 1 saturated heterocycles. The van der Waals surface area contributed by atoms with Gasteiger partial charge in [0.1, 0.15) is 0 Å². The largest absolute Gasteiger partial charge is 0.330 e. The van der Waals surface area contributed by atoms with E-state index in [4.69, 9.17) is 5.73 Å². The second-order valence-electron chi connectivity index (χ2n) is 4.66. The van der Waals surface area contributed by atoms with E-state index in [-0.39, 0.29) is 5.92 Å². The van der Waals surface area contributed by atoms with Crippen molar-refractivity contribution in [1.82, 2.24) is 4.31 Å². The van der Waals surface area contributed by atoms with Crippen molar-refractivity contribution in [2.75, 3.05) is 19.6 Å². The average Bonchev–Trinajstić information content (AvgIpc) is 2.81. The van der Waals surface area contributed by atoms with E-state index in [0.717, 1.165) is 16.5 Å². The van der Waals surface area contributed by atoms with Gasteiger partial charge in [0.2, 0.25) is 10.0 Å². The van der Waals surface area contributed by atoms with E-state index >= 15 is 0 Å². The SMILES string of the molecule is Cc1cc(S(=O)(=O)N2CCC(CN)C2)ccc1Br. The van der Waals surface area contributed by atoms with Gasteiger partial charge in [-0.2, -0.15) is 4.31 Å². The molecule has 2 N–H and O–H groups in total. The first-order valence-electron chi connectivity index (χ1n) is 5.91. The van der Waals surface area contributed by atoms with Crippen LogP contribution in [0.5, 0.6) is 0 Å². The van der Waals surface area contributed by atoms with Gasteiger partial charge in [0, 0.05) is 17.6 Å². The maximum Gasteiger partial charge on any atom is 0.243 e. The van der Waals surface area contributed by atoms with E-state index < -0.39 is 10.0 Å². The van der Waals surface area contributed by atoms with Gasteiger partial charge in [-0.3, -0.25) is 0 Å². The van der Waals surface area contributed by atoms with Gasteiger partial charge >= 0.3 is 0 Å². The van der Waals surface area contributed by atoms with Crippen LogP contribution in [0.2, 0.25) is 0 Å². The highest BCUT2D eigenvalue weighted by atomic mass is 79.9. The van der Waals surface area contributed by atoms with E-state index in [1.54, 1.807) is 18.2 Å². The van der Waals surface area contributed by atoms with Gasteiger partial charge in [-0.25, -0.2) is 8.42 Å². The fourth-order valence-corrected chi connectivity index (χ4v) is 4.00. The minimum atomic E-state index is -3.36. The molecule has 1 aliphatic heterocycles. The fraction of sp³-hybridized carbons (Fsp3) is 0.500. The normalized spacial score (nSPS) is 21.4. The molecule has 1 aliphatic rings. The molecule has 0 saturated carbocycles. The van der Waals surface area contributed by atoms with Crippen molar-refractivity contribution in [2.24, 2.45) is 11.7 Å². The lowest BCUT2D eigenvalue weighted by molar-refractivity contribution is 0.459. The van der Waals surface area contributed by atoms with Gasteiger partial charge in [0.15, 0.2) is 0 Å². The van der Waals surface area contributed by atoms with Crippen molar-refractivity contribution in [3.8, 4) is 0 Å². The monoisotopic (exact) mass is 332 g/mol. The van der Waals surface area contributed by atoms with Gasteiger partial charge < -0.3 is 5.73 Å². The molecular weight excluding hydrogens is 316 g/mol. The van der Waals surface area contributed by atoms with Crippen molar-refractivity contribution >= 4 is 26.0 Å². The Hall–Kier alpha value is -0.430. The second-order valence-corrected chi connectivity index (χ2v) is 7.46. The summed E-state index contributed by atoms with van der Waals surface area (Å²) in [4.78, 5) is 0.362. The molecule has 1 unspecified atom stereocenters. The highest BCUT2D eigenvalue weighted by molar-refractivity contribution is 9.10. The molecule has 18 heavy (non-hydrogen) atoms. The molecule has 4 nitrogen and oxygen atoms in total. The third-order valence-corrected chi connectivity index (χ3v) is 6.10. The highest BCUT2D eigenvalue weighted by Gasteiger charge is 2.31. The van der Waals surface area contributed by atoms with Crippen molar-refractivity contribution in [3.63, 3.8) is 0 Å². The van der Waals surface area contributed by atoms with E-state index in [9.17, 15) is 8.42 Å². The van der Waals surface area contributed by atoms with Crippen LogP contribution in [0.4, 0.5) is 0 Å². The summed E-state index contributed by atoms with van der Waals surface area (Å²) in [6.07, 6.45) is 0.852. The van der Waals surface area contributed by atoms with Gasteiger partial charge in [0.25, 0.3) is 0 Å². The molecule has 0 amide bonds. The van der Waals surface area contributed by atoms with Crippen LogP contribution in [0.1, 0.15) is 12.0 Å². The topological polar surface area (TPSA) is 63.4 Å². The first kappa shape index (κ1) is 14.0. The summed E-state index contributed by atoms with van der Waals surface area (Å²) < 4.78 is 27.3. The number of hydrogen-bond acceptors (Lipinski definition) is 3. The Labute approximate surface area is 116 Å². The summed E-state index contributed by atoms with van der Waals surface area (Å²) in [7, 11) is -3.36. The van der Waals surface area contributed by atoms with E-state index in [2.05, 4.69) is 15.9 Å². The lowest BCUT2D eigenvalue weighted by Crippen LogP contribution is -2.30. The molecule has 6 heteroatoms. The summed E-state index contributed by atoms with van der Waals surface area (Å²) in [6.45, 7) is 3.54. The minimum absolute atomic E-state index is 0.288. The Balaban J connectivity index is 2.28. The standard InChI is InChI=1S/C12H17BrN2O2S/c1-9-6-11(2-3-12(9)13)18(16,17)15-5-4-10(7-14)8-15/h2-3,6,10H,4-5,7-8,14H2,1H3. The highest BCUT2D eigenvalue weighted by Crippen LogP contribution is 2.26. The van der Waals surface area contributed by atoms with Crippen molar-refractivity contribution < 1.29 is 8.42 Å². The van der Waals surface area contributed by atoms with Gasteiger partial charge in [-0.1, -0.05) is 15.9 Å². The average molecular weight is 333 g/mol. The summed E-state index contributed by atoms with van der Waals surface area (Å²) in [5.41, 5.74) is 6.52. The van der Waals surface area contributed by atoms with Crippen molar-refractivity contribution in [1.29, 1.82) is 0 Å². The maximum absolute atomic E-state index is 12.4. The zero-order valence-electron chi connectivity index (χ0n) is 10.3. The maximum atomic E-state index is 12.4. The lowest BCUT2D eigenvalue weighted by Gasteiger charge is -2.17. The third kappa shape index (κ3) is 2.61. The van der Waals surface area contributed by atoms with Gasteiger partial charge in [-0.15, -0.1) is 0 Å². The van der Waals surface area contributed by atoms with Crippen LogP contribution >= 0.6 is 15.9 Å². The summed E-state index contributed by atoms with van der Waals surface area (Å²) >= 11 is 3.38. The van der Waals surface area contributed by atoms with Crippen LogP contribution in [0.3, 0.4) is 0 Å². The third-order valence-electron chi connectivity index (χ3n) is 3.35. The Morgan fingerprint density at radius 2 is 2.22 bits per heavy atom. The number of hydrogen-bond donors (Lipinski definition) is 1. The molecule has 100 valence electrons. The first-order valence-corrected chi connectivity index (χ1v) is 8.15. The van der Waals surface area contributed by atoms with E-state index in [1.807, 2.05) is 6.92 Å². The molecule has 1 heterocycles. The first-order chi connectivity index (χ1) is 8.45. The fourth-order valence-electron chi connectivity index (χ4n) is 2.13. The number of aryl methyl sites for hydroxylation is 1. The molecule has 2 rings (SSSR count). The van der Waals surface area contributed by atoms with Crippen molar-refractivity contribution in [3.05, 3.63) is 28.2 Å². The van der Waals surface area contributed by atoms with Crippen LogP contribution in [0.25, 0.3) is 0 Å². The van der Waals surface area contributed by atoms with Crippen LogP contribution in [-0.4, -0.2) is 32.4 Å². The quantitative estimate of drug-likeness (QED) is 0.916. The number of rotatable bonds is 3. The molecule has 0 bridgehead atoms. The molecule has 1 aromatic carbocycles. The smallest absolute Gasteiger partial charge is 0.243 e. The molecule has 1 atom stereocenters. The molecule has 1 fully saturated rings. The lowest BCUT2D eigenvalue weighted by atomic mass is 10.1. The number of halogens is 1. The Morgan fingerprint density at radius 3 is 2.78 bits per heavy atom. The minimum Gasteiger partial charge on any atom is -0.330 e. The number of benzene rings is 1. The molecule has 0 aromatic heterocycles. The zero-order chi connectivity index (χ0) is 13.3. The van der Waals surface area contributed by atoms with Crippen LogP contribution in [0.15, 0.2) is 27.6 Å². The predicted octanol–water partition coefficient (Wildman–Crippen LogP) is 1.73. The van der Waals surface area contributed by atoms with Crippen molar-refractivity contribution in [2.45, 2.75) is 18.2 Å². The Kier molecular flexibility index (Phi) is 4.11. The van der Waals surface area contributed by atoms with Gasteiger partial charge in [0.05, 0.1) is 4.90 Å². The summed E-state index contributed by atoms with van der Waals surface area (Å²) in [5.74, 6) is 0.288. The van der Waals surface area contributed by atoms with Crippen LogP contribution < -0.4 is 5.73 Å². The molecule has 1 aromatic rings. The number of nitrogens with zero attached hydrogens (tertiary/aromatic N) is 1. The molecular formula is C12H17BrN2O2S. The molecule has 0 spiro atoms.